The van der Waals surface area contributed by atoms with Crippen LogP contribution in [-0.2, 0) is 21.2 Å². The number of sulfonamides is 1. The van der Waals surface area contributed by atoms with E-state index in [9.17, 15) is 13.2 Å². The fourth-order valence-corrected chi connectivity index (χ4v) is 5.20. The molecule has 0 fully saturated rings. The third-order valence-corrected chi connectivity index (χ3v) is 7.21. The number of hydrogen-bond donors (Lipinski definition) is 3. The van der Waals surface area contributed by atoms with Crippen LogP contribution in [0.4, 0.5) is 10.5 Å². The molecule has 0 saturated carbocycles. The fraction of sp³-hybridized carbons (Fsp3) is 0.231. The van der Waals surface area contributed by atoms with E-state index >= 15 is 0 Å². The molecular weight excluding hydrogens is 468 g/mol. The Morgan fingerprint density at radius 3 is 2.14 bits per heavy atom. The van der Waals surface area contributed by atoms with Gasteiger partial charge in [-0.3, -0.25) is 4.79 Å². The van der Waals surface area contributed by atoms with Gasteiger partial charge in [0.25, 0.3) is 0 Å². The van der Waals surface area contributed by atoms with Crippen LogP contribution in [0.5, 0.6) is 0 Å². The van der Waals surface area contributed by atoms with Crippen molar-refractivity contribution in [2.45, 2.75) is 37.1 Å². The summed E-state index contributed by atoms with van der Waals surface area (Å²) in [5.41, 5.74) is 4.15. The maximum absolute atomic E-state index is 12.7. The smallest absolute Gasteiger partial charge is 0.450 e. The molecule has 9 heteroatoms. The van der Waals surface area contributed by atoms with Gasteiger partial charge in [-0.1, -0.05) is 60.7 Å². The third-order valence-electron chi connectivity index (χ3n) is 5.61. The van der Waals surface area contributed by atoms with Crippen molar-refractivity contribution < 1.29 is 28.2 Å². The standard InChI is InChI=1S/C25H26N2O3S.CH2O3/c1-19(11-16-25(28)27-18-17-22-9-5-6-10-24(22)27)26-31(29,30)23-14-12-21(13-15-23)20-7-3-2-4-8-20;2-1(3)4/h2-10,12-15,19,26H,11,16-18H2,1H3;(H2,2,3,4). The Morgan fingerprint density at radius 2 is 1.49 bits per heavy atom. The molecule has 1 aliphatic rings. The molecule has 3 N–H and O–H groups in total. The Bertz CT molecular complexity index is 1260. The molecule has 0 saturated heterocycles. The minimum atomic E-state index is -3.65. The molecule has 1 heterocycles. The van der Waals surface area contributed by atoms with Crippen molar-refractivity contribution >= 4 is 27.8 Å². The van der Waals surface area contributed by atoms with Crippen LogP contribution in [0.1, 0.15) is 25.3 Å². The second-order valence-corrected chi connectivity index (χ2v) is 9.87. The molecule has 184 valence electrons. The number of carboxylic acid groups (broad SMARTS) is 2. The van der Waals surface area contributed by atoms with Gasteiger partial charge < -0.3 is 15.1 Å². The lowest BCUT2D eigenvalue weighted by Gasteiger charge is -2.19. The van der Waals surface area contributed by atoms with Gasteiger partial charge in [-0.2, -0.15) is 0 Å². The van der Waals surface area contributed by atoms with E-state index in [1.165, 1.54) is 5.56 Å². The monoisotopic (exact) mass is 496 g/mol. The molecule has 1 atom stereocenters. The van der Waals surface area contributed by atoms with Crippen LogP contribution in [0.2, 0.25) is 0 Å². The highest BCUT2D eigenvalue weighted by molar-refractivity contribution is 7.89. The highest BCUT2D eigenvalue weighted by Gasteiger charge is 2.25. The number of amides is 1. The number of anilines is 1. The van der Waals surface area contributed by atoms with Crippen LogP contribution in [0, 0.1) is 0 Å². The number of benzene rings is 3. The van der Waals surface area contributed by atoms with E-state index < -0.39 is 16.2 Å². The zero-order valence-electron chi connectivity index (χ0n) is 19.3. The number of nitrogens with zero attached hydrogens (tertiary/aromatic N) is 1. The predicted molar refractivity (Wildman–Crippen MR) is 134 cm³/mol. The highest BCUT2D eigenvalue weighted by Crippen LogP contribution is 2.28. The van der Waals surface area contributed by atoms with Crippen molar-refractivity contribution in [3.8, 4) is 11.1 Å². The largest absolute Gasteiger partial charge is 0.503 e. The molecule has 3 aromatic rings. The maximum Gasteiger partial charge on any atom is 0.503 e. The number of hydrogen-bond acceptors (Lipinski definition) is 4. The van der Waals surface area contributed by atoms with E-state index in [-0.39, 0.29) is 16.8 Å². The number of fused-ring (bicyclic) bond motifs is 1. The zero-order valence-corrected chi connectivity index (χ0v) is 20.1. The maximum atomic E-state index is 12.7. The highest BCUT2D eigenvalue weighted by atomic mass is 32.2. The van der Waals surface area contributed by atoms with Gasteiger partial charge >= 0.3 is 6.16 Å². The second kappa shape index (κ2) is 11.6. The first-order valence-corrected chi connectivity index (χ1v) is 12.6. The molecule has 3 aromatic carbocycles. The first-order chi connectivity index (χ1) is 16.7. The van der Waals surface area contributed by atoms with Crippen molar-refractivity contribution in [2.24, 2.45) is 0 Å². The number of carbonyl (C=O) groups is 2. The van der Waals surface area contributed by atoms with Gasteiger partial charge in [0.1, 0.15) is 0 Å². The van der Waals surface area contributed by atoms with Crippen molar-refractivity contribution in [1.82, 2.24) is 4.72 Å². The molecule has 1 amide bonds. The summed E-state index contributed by atoms with van der Waals surface area (Å²) in [6.45, 7) is 2.48. The SMILES string of the molecule is CC(CCC(=O)N1CCc2ccccc21)NS(=O)(=O)c1ccc(-c2ccccc2)cc1.O=C(O)O. The minimum Gasteiger partial charge on any atom is -0.450 e. The van der Waals surface area contributed by atoms with Gasteiger partial charge in [0.05, 0.1) is 4.90 Å². The van der Waals surface area contributed by atoms with Crippen LogP contribution in [-0.4, -0.2) is 43.3 Å². The minimum absolute atomic E-state index is 0.0308. The number of rotatable bonds is 7. The lowest BCUT2D eigenvalue weighted by molar-refractivity contribution is -0.118. The Morgan fingerprint density at radius 1 is 0.914 bits per heavy atom. The predicted octanol–water partition coefficient (Wildman–Crippen LogP) is 4.61. The lowest BCUT2D eigenvalue weighted by atomic mass is 10.1. The van der Waals surface area contributed by atoms with Gasteiger partial charge in [-0.15, -0.1) is 0 Å². The molecule has 1 aliphatic heterocycles. The van der Waals surface area contributed by atoms with Crippen molar-refractivity contribution in [2.75, 3.05) is 11.4 Å². The topological polar surface area (TPSA) is 124 Å². The van der Waals surface area contributed by atoms with Crippen molar-refractivity contribution in [3.63, 3.8) is 0 Å². The molecule has 1 unspecified atom stereocenters. The Balaban J connectivity index is 0.000000795. The van der Waals surface area contributed by atoms with Gasteiger partial charge in [0.15, 0.2) is 0 Å². The van der Waals surface area contributed by atoms with Gasteiger partial charge in [0.2, 0.25) is 15.9 Å². The summed E-state index contributed by atoms with van der Waals surface area (Å²) in [6, 6.07) is 24.2. The Labute approximate surface area is 204 Å². The summed E-state index contributed by atoms with van der Waals surface area (Å²) >= 11 is 0. The molecule has 0 aromatic heterocycles. The Hall–Kier alpha value is -3.69. The first kappa shape index (κ1) is 25.9. The lowest BCUT2D eigenvalue weighted by Crippen LogP contribution is -2.35. The van der Waals surface area contributed by atoms with E-state index in [2.05, 4.69) is 4.72 Å². The number of nitrogens with one attached hydrogen (secondary N) is 1. The van der Waals surface area contributed by atoms with Gasteiger partial charge in [0, 0.05) is 24.7 Å². The van der Waals surface area contributed by atoms with Crippen LogP contribution in [0.3, 0.4) is 0 Å². The average Bonchev–Trinajstić information content (AvgIpc) is 3.27. The van der Waals surface area contributed by atoms with Crippen molar-refractivity contribution in [1.29, 1.82) is 0 Å². The summed E-state index contributed by atoms with van der Waals surface area (Å²) in [6.07, 6.45) is -0.229. The van der Waals surface area contributed by atoms with Crippen LogP contribution < -0.4 is 9.62 Å². The molecular formula is C26H28N2O6S. The molecule has 4 rings (SSSR count). The van der Waals surface area contributed by atoms with E-state index in [1.807, 2.05) is 66.7 Å². The second-order valence-electron chi connectivity index (χ2n) is 8.16. The van der Waals surface area contributed by atoms with Crippen LogP contribution in [0.25, 0.3) is 11.1 Å². The summed E-state index contributed by atoms with van der Waals surface area (Å²) < 4.78 is 28.2. The van der Waals surface area contributed by atoms with Crippen LogP contribution >= 0.6 is 0 Å². The number of para-hydroxylation sites is 1. The fourth-order valence-electron chi connectivity index (χ4n) is 3.92. The van der Waals surface area contributed by atoms with Gasteiger partial charge in [-0.05, 0) is 54.7 Å². The summed E-state index contributed by atoms with van der Waals surface area (Å²) in [7, 11) is -3.65. The summed E-state index contributed by atoms with van der Waals surface area (Å²) in [5, 5.41) is 13.9. The Kier molecular flexibility index (Phi) is 8.62. The van der Waals surface area contributed by atoms with E-state index in [1.54, 1.807) is 24.0 Å². The van der Waals surface area contributed by atoms with E-state index in [4.69, 9.17) is 15.0 Å². The van der Waals surface area contributed by atoms with E-state index in [0.717, 1.165) is 23.2 Å². The average molecular weight is 497 g/mol. The van der Waals surface area contributed by atoms with Crippen molar-refractivity contribution in [3.05, 3.63) is 84.4 Å². The summed E-state index contributed by atoms with van der Waals surface area (Å²) in [5.74, 6) is 0.0308. The molecule has 0 spiro atoms. The third kappa shape index (κ3) is 7.14. The molecule has 0 bridgehead atoms. The molecule has 0 radical (unpaired) electrons. The molecule has 0 aliphatic carbocycles. The zero-order chi connectivity index (χ0) is 25.4. The normalized spacial score (nSPS) is 13.3. The van der Waals surface area contributed by atoms with E-state index in [0.29, 0.717) is 19.4 Å². The summed E-state index contributed by atoms with van der Waals surface area (Å²) in [4.78, 5) is 23.3. The molecule has 8 nitrogen and oxygen atoms in total. The number of carbonyl (C=O) groups excluding carboxylic acids is 1. The van der Waals surface area contributed by atoms with Gasteiger partial charge in [-0.25, -0.2) is 17.9 Å². The van der Waals surface area contributed by atoms with Crippen LogP contribution in [0.15, 0.2) is 83.8 Å². The molecule has 35 heavy (non-hydrogen) atoms. The quantitative estimate of drug-likeness (QED) is 0.439. The first-order valence-electron chi connectivity index (χ1n) is 11.2.